The first-order valence-electron chi connectivity index (χ1n) is 8.67. The number of carbonyl (C=O) groups excluding carboxylic acids is 1. The molecule has 0 spiro atoms. The van der Waals surface area contributed by atoms with E-state index in [0.29, 0.717) is 21.6 Å². The van der Waals surface area contributed by atoms with Crippen LogP contribution in [0, 0.1) is 0 Å². The molecular formula is C18H15Cl3N4O3S3. The quantitative estimate of drug-likeness (QED) is 0.295. The van der Waals surface area contributed by atoms with Gasteiger partial charge in [-0.1, -0.05) is 64.3 Å². The Morgan fingerprint density at radius 2 is 1.68 bits per heavy atom. The zero-order valence-corrected chi connectivity index (χ0v) is 20.4. The van der Waals surface area contributed by atoms with Crippen molar-refractivity contribution < 1.29 is 13.2 Å². The molecule has 0 atom stereocenters. The number of sulfonamides is 1. The molecule has 7 nitrogen and oxygen atoms in total. The van der Waals surface area contributed by atoms with Crippen LogP contribution in [0.1, 0.15) is 15.9 Å². The summed E-state index contributed by atoms with van der Waals surface area (Å²) < 4.78 is 27.0. The molecule has 3 aromatic rings. The minimum Gasteiger partial charge on any atom is -0.296 e. The SMILES string of the molecule is O=C(Nc1nnc(S(=O)(=O)NCCSCc2c(Cl)cccc2Cl)s1)c1ccccc1Cl. The maximum atomic E-state index is 12.4. The molecule has 0 saturated carbocycles. The van der Waals surface area contributed by atoms with E-state index in [-0.39, 0.29) is 26.6 Å². The Labute approximate surface area is 202 Å². The first kappa shape index (κ1) is 24.2. The minimum atomic E-state index is -3.86. The number of anilines is 1. The number of benzene rings is 2. The van der Waals surface area contributed by atoms with Gasteiger partial charge in [0.1, 0.15) is 0 Å². The highest BCUT2D eigenvalue weighted by Gasteiger charge is 2.21. The minimum absolute atomic E-state index is 0.0491. The van der Waals surface area contributed by atoms with E-state index in [2.05, 4.69) is 20.2 Å². The number of nitrogens with one attached hydrogen (secondary N) is 2. The Morgan fingerprint density at radius 3 is 2.39 bits per heavy atom. The number of thioether (sulfide) groups is 1. The average Bonchev–Trinajstić information content (AvgIpc) is 3.19. The van der Waals surface area contributed by atoms with Gasteiger partial charge in [-0.2, -0.15) is 11.8 Å². The van der Waals surface area contributed by atoms with E-state index < -0.39 is 15.9 Å². The molecule has 0 fully saturated rings. The van der Waals surface area contributed by atoms with Gasteiger partial charge in [0.25, 0.3) is 15.9 Å². The van der Waals surface area contributed by atoms with E-state index in [1.807, 2.05) is 0 Å². The average molecular weight is 538 g/mol. The summed E-state index contributed by atoms with van der Waals surface area (Å²) in [4.78, 5) is 12.3. The lowest BCUT2D eigenvalue weighted by molar-refractivity contribution is 0.102. The molecule has 164 valence electrons. The van der Waals surface area contributed by atoms with Crippen molar-refractivity contribution in [3.8, 4) is 0 Å². The number of nitrogens with zero attached hydrogens (tertiary/aromatic N) is 2. The normalized spacial score (nSPS) is 11.5. The van der Waals surface area contributed by atoms with Gasteiger partial charge < -0.3 is 0 Å². The first-order valence-corrected chi connectivity index (χ1v) is 13.3. The highest BCUT2D eigenvalue weighted by molar-refractivity contribution is 7.98. The Morgan fingerprint density at radius 1 is 1.00 bits per heavy atom. The van der Waals surface area contributed by atoms with Crippen LogP contribution in [0.4, 0.5) is 5.13 Å². The smallest absolute Gasteiger partial charge is 0.269 e. The highest BCUT2D eigenvalue weighted by atomic mass is 35.5. The second-order valence-corrected chi connectivity index (χ2v) is 11.2. The molecule has 0 unspecified atom stereocenters. The third kappa shape index (κ3) is 6.55. The van der Waals surface area contributed by atoms with Crippen LogP contribution < -0.4 is 10.0 Å². The number of halogens is 3. The van der Waals surface area contributed by atoms with Gasteiger partial charge in [0, 0.05) is 28.1 Å². The van der Waals surface area contributed by atoms with Crippen molar-refractivity contribution in [3.63, 3.8) is 0 Å². The second-order valence-electron chi connectivity index (χ2n) is 5.96. The Kier molecular flexibility index (Phi) is 8.57. The molecule has 0 aliphatic rings. The van der Waals surface area contributed by atoms with Crippen molar-refractivity contribution in [2.45, 2.75) is 10.1 Å². The largest absolute Gasteiger partial charge is 0.296 e. The fraction of sp³-hybridized carbons (Fsp3) is 0.167. The summed E-state index contributed by atoms with van der Waals surface area (Å²) in [7, 11) is -3.86. The molecule has 1 aromatic heterocycles. The van der Waals surface area contributed by atoms with E-state index >= 15 is 0 Å². The lowest BCUT2D eigenvalue weighted by atomic mass is 10.2. The number of carbonyl (C=O) groups is 1. The van der Waals surface area contributed by atoms with E-state index in [1.54, 1.807) is 42.5 Å². The van der Waals surface area contributed by atoms with Crippen molar-refractivity contribution in [1.29, 1.82) is 0 Å². The number of amides is 1. The number of hydrogen-bond donors (Lipinski definition) is 2. The van der Waals surface area contributed by atoms with Crippen LogP contribution in [-0.4, -0.2) is 36.8 Å². The lowest BCUT2D eigenvalue weighted by Crippen LogP contribution is -2.26. The fourth-order valence-corrected chi connectivity index (χ4v) is 6.25. The zero-order chi connectivity index (χ0) is 22.4. The summed E-state index contributed by atoms with van der Waals surface area (Å²) in [6.45, 7) is 0.177. The van der Waals surface area contributed by atoms with Gasteiger partial charge >= 0.3 is 0 Å². The van der Waals surface area contributed by atoms with E-state index in [1.165, 1.54) is 11.8 Å². The van der Waals surface area contributed by atoms with Crippen LogP contribution in [0.15, 0.2) is 46.8 Å². The predicted octanol–water partition coefficient (Wildman–Crippen LogP) is 4.96. The van der Waals surface area contributed by atoms with E-state index in [9.17, 15) is 13.2 Å². The summed E-state index contributed by atoms with van der Waals surface area (Å²) >= 11 is 20.5. The van der Waals surface area contributed by atoms with Gasteiger partial charge in [-0.15, -0.1) is 10.2 Å². The fourth-order valence-electron chi connectivity index (χ4n) is 2.33. The molecule has 2 N–H and O–H groups in total. The molecule has 13 heteroatoms. The third-order valence-corrected chi connectivity index (χ3v) is 8.51. The van der Waals surface area contributed by atoms with Crippen LogP contribution in [0.5, 0.6) is 0 Å². The van der Waals surface area contributed by atoms with Crippen LogP contribution in [0.25, 0.3) is 0 Å². The number of hydrogen-bond acceptors (Lipinski definition) is 7. The third-order valence-electron chi connectivity index (χ3n) is 3.82. The molecule has 0 saturated heterocycles. The second kappa shape index (κ2) is 11.0. The molecule has 1 heterocycles. The first-order chi connectivity index (χ1) is 14.8. The standard InChI is InChI=1S/C18H15Cl3N4O3S3/c19-13-5-2-1-4-11(13)16(26)23-17-24-25-18(30-17)31(27,28)22-8-9-29-10-12-14(20)6-3-7-15(12)21/h1-7,22H,8-10H2,(H,23,24,26). The molecule has 0 aliphatic carbocycles. The van der Waals surface area contributed by atoms with Crippen LogP contribution >= 0.6 is 57.9 Å². The maximum Gasteiger partial charge on any atom is 0.269 e. The van der Waals surface area contributed by atoms with Crippen molar-refractivity contribution in [2.24, 2.45) is 0 Å². The van der Waals surface area contributed by atoms with Crippen LogP contribution in [-0.2, 0) is 15.8 Å². The predicted molar refractivity (Wildman–Crippen MR) is 127 cm³/mol. The molecule has 0 bridgehead atoms. The Hall–Kier alpha value is -1.40. The van der Waals surface area contributed by atoms with Crippen molar-refractivity contribution in [3.05, 3.63) is 68.7 Å². The summed E-state index contributed by atoms with van der Waals surface area (Å²) in [5.41, 5.74) is 1.05. The van der Waals surface area contributed by atoms with Gasteiger partial charge in [0.2, 0.25) is 9.47 Å². The van der Waals surface area contributed by atoms with E-state index in [4.69, 9.17) is 34.8 Å². The lowest BCUT2D eigenvalue weighted by Gasteiger charge is -2.07. The Bertz CT molecular complexity index is 1170. The van der Waals surface area contributed by atoms with Crippen molar-refractivity contribution >= 4 is 79.0 Å². The summed E-state index contributed by atoms with van der Waals surface area (Å²) in [5.74, 6) is 0.542. The van der Waals surface area contributed by atoms with Crippen molar-refractivity contribution in [1.82, 2.24) is 14.9 Å². The van der Waals surface area contributed by atoms with Gasteiger partial charge in [-0.05, 0) is 29.8 Å². The molecule has 2 aromatic carbocycles. The van der Waals surface area contributed by atoms with Gasteiger partial charge in [0.15, 0.2) is 0 Å². The summed E-state index contributed by atoms with van der Waals surface area (Å²) in [5, 5.41) is 11.3. The number of aromatic nitrogens is 2. The van der Waals surface area contributed by atoms with Crippen molar-refractivity contribution in [2.75, 3.05) is 17.6 Å². The highest BCUT2D eigenvalue weighted by Crippen LogP contribution is 2.28. The molecule has 0 aliphatic heterocycles. The van der Waals surface area contributed by atoms with E-state index in [0.717, 1.165) is 16.9 Å². The molecular weight excluding hydrogens is 523 g/mol. The van der Waals surface area contributed by atoms with Gasteiger partial charge in [-0.25, -0.2) is 13.1 Å². The number of rotatable bonds is 9. The van der Waals surface area contributed by atoms with Crippen LogP contribution in [0.3, 0.4) is 0 Å². The maximum absolute atomic E-state index is 12.4. The molecule has 31 heavy (non-hydrogen) atoms. The zero-order valence-electron chi connectivity index (χ0n) is 15.6. The Balaban J connectivity index is 1.51. The summed E-state index contributed by atoms with van der Waals surface area (Å²) in [6, 6.07) is 11.8. The summed E-state index contributed by atoms with van der Waals surface area (Å²) in [6.07, 6.45) is 0. The van der Waals surface area contributed by atoms with Gasteiger partial charge in [0.05, 0.1) is 10.6 Å². The topological polar surface area (TPSA) is 101 Å². The molecule has 3 rings (SSSR count). The van der Waals surface area contributed by atoms with Gasteiger partial charge in [-0.3, -0.25) is 10.1 Å². The molecule has 1 amide bonds. The van der Waals surface area contributed by atoms with Crippen LogP contribution in [0.2, 0.25) is 15.1 Å². The monoisotopic (exact) mass is 536 g/mol. The molecule has 0 radical (unpaired) electrons.